The van der Waals surface area contributed by atoms with Crippen LogP contribution in [-0.2, 0) is 71.2 Å². The fourth-order valence-corrected chi connectivity index (χ4v) is 17.4. The predicted molar refractivity (Wildman–Crippen MR) is 306 cm³/mol. The average molecular weight is 1340 g/mol. The van der Waals surface area contributed by atoms with E-state index in [0.29, 0.717) is 57.8 Å². The van der Waals surface area contributed by atoms with Crippen molar-refractivity contribution in [3.05, 3.63) is 11.1 Å². The van der Waals surface area contributed by atoms with Crippen LogP contribution in [0.4, 0.5) is 0 Å². The van der Waals surface area contributed by atoms with Crippen molar-refractivity contribution in [3.63, 3.8) is 0 Å². The van der Waals surface area contributed by atoms with E-state index >= 15 is 4.79 Å². The van der Waals surface area contributed by atoms with E-state index < -0.39 is 238 Å². The maximum Gasteiger partial charge on any atom is 0.187 e. The summed E-state index contributed by atoms with van der Waals surface area (Å²) in [5, 5.41) is 177. The Kier molecular flexibility index (Phi) is 21.3. The average Bonchev–Trinajstić information content (AvgIpc) is 1.55. The molecule has 532 valence electrons. The standard InChI is InChI=1S/C62H98O31/c1-8-27(65)31-15-23(2)62(93-31)21-58(4)13-11-25-26(61(58,7)57(62)80)9-10-34-59(25,5)14-12-35(60(34,6)22-64)88-53-46(79)43(76)40(73)33(87-53)20-84-54-48(38(71)29(67)18-82-54)91-56-50(92-52-45(78)42(75)36(69)24(3)85-52)47(41(74)32(16-63)86-56)89-55-49(39(72)30(68)19-83-55)90-51-44(77)37(70)28(66)17-81-51/h23-24,28-56,63-64,66-79H,8-22H2,1-7H3/t23-,24+,28-,29+,30+,31+,32-,33-,34-,35+,36+,37+,38+,39+,40-,41-,42-,43+,44-,45-,46-,47+,48-,49-,50-,51+,52+,53+,54+,55+,56+,58-,59-,60-,61-,62-/m1/s1. The highest BCUT2D eigenvalue weighted by Gasteiger charge is 2.74. The van der Waals surface area contributed by atoms with Crippen molar-refractivity contribution in [1.82, 2.24) is 0 Å². The number of carbonyl (C=O) groups excluding carboxylic acids is 2. The Labute approximate surface area is 537 Å². The van der Waals surface area contributed by atoms with Crippen molar-refractivity contribution in [2.24, 2.45) is 33.5 Å². The number of allylic oxidation sites excluding steroid dienone is 2. The minimum atomic E-state index is -2.07. The molecule has 2 saturated carbocycles. The van der Waals surface area contributed by atoms with Gasteiger partial charge in [0.15, 0.2) is 49.3 Å². The van der Waals surface area contributed by atoms with Crippen molar-refractivity contribution < 1.29 is 153 Å². The Morgan fingerprint density at radius 1 is 0.548 bits per heavy atom. The highest BCUT2D eigenvalue weighted by Crippen LogP contribution is 2.73. The molecule has 7 heterocycles. The summed E-state index contributed by atoms with van der Waals surface area (Å²) in [5.41, 5.74) is -1.61. The minimum absolute atomic E-state index is 0.0117. The molecule has 0 unspecified atom stereocenters. The molecule has 31 heteroatoms. The van der Waals surface area contributed by atoms with Crippen LogP contribution < -0.4 is 0 Å². The second-order valence-corrected chi connectivity index (χ2v) is 28.9. The molecular formula is C62H98O31. The van der Waals surface area contributed by atoms with Crippen LogP contribution in [0.5, 0.6) is 0 Å². The first-order chi connectivity index (χ1) is 43.8. The molecule has 7 saturated heterocycles. The van der Waals surface area contributed by atoms with Gasteiger partial charge in [0.25, 0.3) is 0 Å². The zero-order valence-electron chi connectivity index (χ0n) is 53.3. The van der Waals surface area contributed by atoms with Gasteiger partial charge in [-0.15, -0.1) is 0 Å². The van der Waals surface area contributed by atoms with Crippen molar-refractivity contribution >= 4 is 11.6 Å². The Hall–Kier alpha value is -2.08. The number of hydrogen-bond acceptors (Lipinski definition) is 31. The number of carbonyl (C=O) groups is 2. The maximum absolute atomic E-state index is 15.3. The number of ketones is 2. The third-order valence-electron chi connectivity index (χ3n) is 23.4. The fraction of sp³-hybridized carbons (Fsp3) is 0.935. The lowest BCUT2D eigenvalue weighted by molar-refractivity contribution is -0.408. The van der Waals surface area contributed by atoms with Gasteiger partial charge in [0.1, 0.15) is 134 Å². The molecule has 0 bridgehead atoms. The van der Waals surface area contributed by atoms with Crippen molar-refractivity contribution in [2.45, 2.75) is 290 Å². The van der Waals surface area contributed by atoms with Gasteiger partial charge < -0.3 is 143 Å². The van der Waals surface area contributed by atoms with E-state index in [1.165, 1.54) is 12.5 Å². The largest absolute Gasteiger partial charge is 0.396 e. The van der Waals surface area contributed by atoms with E-state index in [4.69, 9.17) is 61.6 Å². The van der Waals surface area contributed by atoms with Gasteiger partial charge in [-0.3, -0.25) is 9.59 Å². The number of hydrogen-bond donors (Lipinski definition) is 16. The summed E-state index contributed by atoms with van der Waals surface area (Å²) in [6, 6.07) is 0. The van der Waals surface area contributed by atoms with E-state index in [9.17, 15) is 86.5 Å². The van der Waals surface area contributed by atoms with Gasteiger partial charge in [0, 0.05) is 11.8 Å². The molecule has 31 nitrogen and oxygen atoms in total. The molecule has 0 aromatic heterocycles. The highest BCUT2D eigenvalue weighted by molar-refractivity contribution is 6.00. The van der Waals surface area contributed by atoms with Crippen LogP contribution in [0, 0.1) is 33.5 Å². The van der Waals surface area contributed by atoms with Crippen molar-refractivity contribution in [2.75, 3.05) is 39.6 Å². The number of rotatable bonds is 17. The van der Waals surface area contributed by atoms with Crippen LogP contribution in [0.1, 0.15) is 106 Å². The second-order valence-electron chi connectivity index (χ2n) is 28.9. The van der Waals surface area contributed by atoms with E-state index in [1.54, 1.807) is 6.92 Å². The monoisotopic (exact) mass is 1340 g/mol. The number of aliphatic hydroxyl groups is 16. The predicted octanol–water partition coefficient (Wildman–Crippen LogP) is -5.34. The van der Waals surface area contributed by atoms with Crippen molar-refractivity contribution in [3.8, 4) is 0 Å². The third kappa shape index (κ3) is 12.3. The normalized spacial score (nSPS) is 54.4. The summed E-state index contributed by atoms with van der Waals surface area (Å²) in [4.78, 5) is 28.2. The number of fused-ring (bicyclic) bond motifs is 4. The molecular weight excluding hydrogens is 1240 g/mol. The maximum atomic E-state index is 15.3. The van der Waals surface area contributed by atoms with E-state index in [2.05, 4.69) is 20.8 Å². The first-order valence-corrected chi connectivity index (χ1v) is 32.8. The zero-order chi connectivity index (χ0) is 67.5. The van der Waals surface area contributed by atoms with Crippen LogP contribution in [0.3, 0.4) is 0 Å². The van der Waals surface area contributed by atoms with Gasteiger partial charge in [-0.05, 0) is 87.9 Å². The second kappa shape index (κ2) is 27.5. The topological polar surface area (TPSA) is 478 Å². The molecule has 0 aromatic carbocycles. The molecule has 11 rings (SSSR count). The third-order valence-corrected chi connectivity index (χ3v) is 23.4. The Morgan fingerprint density at radius 2 is 1.11 bits per heavy atom. The first-order valence-electron chi connectivity index (χ1n) is 32.8. The summed E-state index contributed by atoms with van der Waals surface area (Å²) in [6.07, 6.45) is -45.9. The van der Waals surface area contributed by atoms with Crippen LogP contribution in [0.15, 0.2) is 11.1 Å². The molecule has 0 aromatic rings. The lowest BCUT2D eigenvalue weighted by Crippen LogP contribution is -2.68. The number of ether oxygens (including phenoxy) is 13. The Morgan fingerprint density at radius 3 is 1.75 bits per heavy atom. The molecule has 1 spiro atoms. The summed E-state index contributed by atoms with van der Waals surface area (Å²) in [7, 11) is 0. The summed E-state index contributed by atoms with van der Waals surface area (Å²) in [5.74, 6) is -0.351. The minimum Gasteiger partial charge on any atom is -0.396 e. The number of aliphatic hydroxyl groups excluding tert-OH is 16. The molecule has 93 heavy (non-hydrogen) atoms. The van der Waals surface area contributed by atoms with Gasteiger partial charge in [0.2, 0.25) is 0 Å². The SMILES string of the molecule is CCC(=O)[C@@H]1C[C@@H](C)[C@@]2(C[C@@]3(C)CCC4=C(CC[C@H]5[C@@](C)(CO)[C@@H](O[C@@H]6O[C@H](CO[C@@H]7OC[C@H](O)[C@H](O)[C@H]7O[C@@H]7O[C@H](CO)[C@@H](O)[C@H](O[C@@H]8OC[C@H](O)[C@H](O)[C@H]8O[C@@H]8OC[C@@H](O)[C@H](O)[C@H]8O)[C@H]7O[C@@H]7O[C@@H](C)[C@H](O)[C@@H](O)[C@H]7O)[C@@H](O)[C@H](O)[C@H]6O)CC[C@]45C)[C@]3(C)C2=O)O1. The van der Waals surface area contributed by atoms with Crippen LogP contribution in [0.2, 0.25) is 0 Å². The van der Waals surface area contributed by atoms with Crippen molar-refractivity contribution in [1.29, 1.82) is 0 Å². The number of Topliss-reactive ketones (excluding diaryl/α,β-unsaturated/α-hetero) is 2. The van der Waals surface area contributed by atoms with Crippen LogP contribution in [0.25, 0.3) is 0 Å². The molecule has 7 aliphatic heterocycles. The fourth-order valence-electron chi connectivity index (χ4n) is 17.4. The Bertz CT molecular complexity index is 2660. The van der Waals surface area contributed by atoms with Gasteiger partial charge in [-0.1, -0.05) is 45.8 Å². The molecule has 11 aliphatic rings. The molecule has 9 fully saturated rings. The lowest BCUT2D eigenvalue weighted by atomic mass is 9.44. The van der Waals surface area contributed by atoms with Gasteiger partial charge in [-0.25, -0.2) is 0 Å². The van der Waals surface area contributed by atoms with Gasteiger partial charge in [-0.2, -0.15) is 0 Å². The lowest BCUT2D eigenvalue weighted by Gasteiger charge is -2.62. The van der Waals surface area contributed by atoms with E-state index in [-0.39, 0.29) is 30.0 Å². The quantitative estimate of drug-likeness (QED) is 0.0605. The Balaban J connectivity index is 0.814. The molecule has 0 radical (unpaired) electrons. The molecule has 4 aliphatic carbocycles. The summed E-state index contributed by atoms with van der Waals surface area (Å²) < 4.78 is 79.0. The van der Waals surface area contributed by atoms with E-state index in [0.717, 1.165) is 5.57 Å². The van der Waals surface area contributed by atoms with Crippen LogP contribution in [-0.4, -0.2) is 317 Å². The van der Waals surface area contributed by atoms with Crippen LogP contribution >= 0.6 is 0 Å². The zero-order valence-corrected chi connectivity index (χ0v) is 53.3. The van der Waals surface area contributed by atoms with Gasteiger partial charge in [0.05, 0.1) is 57.3 Å². The first kappa shape index (κ1) is 72.2. The molecule has 16 N–H and O–H groups in total. The smallest absolute Gasteiger partial charge is 0.187 e. The van der Waals surface area contributed by atoms with Gasteiger partial charge >= 0.3 is 0 Å². The summed E-state index contributed by atoms with van der Waals surface area (Å²) >= 11 is 0. The molecule has 36 atom stereocenters. The van der Waals surface area contributed by atoms with E-state index in [1.807, 2.05) is 13.8 Å². The highest BCUT2D eigenvalue weighted by atomic mass is 16.8. The summed E-state index contributed by atoms with van der Waals surface area (Å²) in [6.45, 7) is 9.59. The molecule has 0 amide bonds.